The second-order valence-corrected chi connectivity index (χ2v) is 4.12. The number of halogens is 4. The molecule has 0 aromatic heterocycles. The average molecular weight is 199 g/mol. The molecule has 0 radical (unpaired) electrons. The summed E-state index contributed by atoms with van der Waals surface area (Å²) in [5.74, 6) is -5.66. The van der Waals surface area contributed by atoms with Gasteiger partial charge in [0.1, 0.15) is 0 Å². The molecule has 0 bridgehead atoms. The summed E-state index contributed by atoms with van der Waals surface area (Å²) in [5, 5.41) is 0. The maximum absolute atomic E-state index is 12.9. The van der Waals surface area contributed by atoms with E-state index in [9.17, 15) is 17.6 Å². The molecular formula is C8H13F4N. The Kier molecular flexibility index (Phi) is 2.35. The normalized spacial score (nSPS) is 32.3. The lowest BCUT2D eigenvalue weighted by atomic mass is 10.1. The molecule has 5 heteroatoms. The van der Waals surface area contributed by atoms with Crippen LogP contribution in [0.1, 0.15) is 13.8 Å². The molecule has 2 atom stereocenters. The molecule has 0 aliphatic heterocycles. The topological polar surface area (TPSA) is 26.0 Å². The standard InChI is InChI=1S/C8H13F4N/c1-7(2)4(3-13)5(7)8(11,12)6(9)10/h4-6H,3,13H2,1-2H3. The lowest BCUT2D eigenvalue weighted by Crippen LogP contribution is -2.31. The Morgan fingerprint density at radius 1 is 1.38 bits per heavy atom. The quantitative estimate of drug-likeness (QED) is 0.692. The minimum absolute atomic E-state index is 0.0416. The van der Waals surface area contributed by atoms with E-state index in [-0.39, 0.29) is 6.54 Å². The number of hydrogen-bond donors (Lipinski definition) is 1. The van der Waals surface area contributed by atoms with Crippen LogP contribution in [0.25, 0.3) is 0 Å². The Morgan fingerprint density at radius 2 is 1.85 bits per heavy atom. The molecule has 0 saturated heterocycles. The summed E-state index contributed by atoms with van der Waals surface area (Å²) in [4.78, 5) is 0. The average Bonchev–Trinajstić information content (AvgIpc) is 2.53. The zero-order valence-electron chi connectivity index (χ0n) is 7.53. The van der Waals surface area contributed by atoms with Crippen LogP contribution in [0.15, 0.2) is 0 Å². The van der Waals surface area contributed by atoms with Crippen molar-refractivity contribution >= 4 is 0 Å². The molecule has 1 fully saturated rings. The smallest absolute Gasteiger partial charge is 0.311 e. The van der Waals surface area contributed by atoms with Crippen LogP contribution >= 0.6 is 0 Å². The summed E-state index contributed by atoms with van der Waals surface area (Å²) < 4.78 is 49.6. The van der Waals surface area contributed by atoms with Crippen LogP contribution in [-0.4, -0.2) is 18.9 Å². The van der Waals surface area contributed by atoms with E-state index in [0.717, 1.165) is 0 Å². The predicted octanol–water partition coefficient (Wildman–Crippen LogP) is 2.12. The molecule has 1 aliphatic rings. The molecule has 1 saturated carbocycles. The first-order chi connectivity index (χ1) is 5.76. The fourth-order valence-electron chi connectivity index (χ4n) is 2.08. The third-order valence-electron chi connectivity index (χ3n) is 3.01. The third-order valence-corrected chi connectivity index (χ3v) is 3.01. The van der Waals surface area contributed by atoms with Gasteiger partial charge in [0, 0.05) is 5.92 Å². The van der Waals surface area contributed by atoms with Gasteiger partial charge in [-0.25, -0.2) is 8.78 Å². The van der Waals surface area contributed by atoms with Gasteiger partial charge in [0.2, 0.25) is 0 Å². The molecule has 0 spiro atoms. The van der Waals surface area contributed by atoms with Crippen molar-refractivity contribution in [3.8, 4) is 0 Å². The van der Waals surface area contributed by atoms with Crippen molar-refractivity contribution in [1.82, 2.24) is 0 Å². The maximum Gasteiger partial charge on any atom is 0.311 e. The monoisotopic (exact) mass is 199 g/mol. The summed E-state index contributed by atoms with van der Waals surface area (Å²) in [6.07, 6.45) is -3.59. The second kappa shape index (κ2) is 2.83. The molecule has 0 amide bonds. The van der Waals surface area contributed by atoms with Gasteiger partial charge in [0.25, 0.3) is 0 Å². The molecule has 0 aromatic carbocycles. The maximum atomic E-state index is 12.9. The fraction of sp³-hybridized carbons (Fsp3) is 1.00. The highest BCUT2D eigenvalue weighted by Crippen LogP contribution is 2.65. The van der Waals surface area contributed by atoms with Gasteiger partial charge < -0.3 is 5.73 Å². The highest BCUT2D eigenvalue weighted by atomic mass is 19.3. The summed E-state index contributed by atoms with van der Waals surface area (Å²) >= 11 is 0. The minimum atomic E-state index is -3.90. The Morgan fingerprint density at radius 3 is 2.08 bits per heavy atom. The first kappa shape index (κ1) is 10.8. The van der Waals surface area contributed by atoms with Crippen molar-refractivity contribution in [2.75, 3.05) is 6.54 Å². The van der Waals surface area contributed by atoms with Gasteiger partial charge >= 0.3 is 12.3 Å². The van der Waals surface area contributed by atoms with Gasteiger partial charge in [-0.2, -0.15) is 8.78 Å². The molecule has 1 aliphatic carbocycles. The van der Waals surface area contributed by atoms with Crippen molar-refractivity contribution in [2.45, 2.75) is 26.2 Å². The number of rotatable bonds is 3. The van der Waals surface area contributed by atoms with Crippen LogP contribution in [0.4, 0.5) is 17.6 Å². The van der Waals surface area contributed by atoms with E-state index in [4.69, 9.17) is 5.73 Å². The van der Waals surface area contributed by atoms with Crippen molar-refractivity contribution in [3.63, 3.8) is 0 Å². The van der Waals surface area contributed by atoms with Crippen LogP contribution in [-0.2, 0) is 0 Å². The van der Waals surface area contributed by atoms with E-state index in [1.165, 1.54) is 0 Å². The van der Waals surface area contributed by atoms with E-state index >= 15 is 0 Å². The molecular weight excluding hydrogens is 186 g/mol. The van der Waals surface area contributed by atoms with Gasteiger partial charge in [-0.3, -0.25) is 0 Å². The SMILES string of the molecule is CC1(C)C(CN)C1C(F)(F)C(F)F. The van der Waals surface area contributed by atoms with Crippen molar-refractivity contribution < 1.29 is 17.6 Å². The predicted molar refractivity (Wildman–Crippen MR) is 40.8 cm³/mol. The molecule has 2 N–H and O–H groups in total. The van der Waals surface area contributed by atoms with E-state index in [2.05, 4.69) is 0 Å². The van der Waals surface area contributed by atoms with Gasteiger partial charge in [-0.05, 0) is 17.9 Å². The van der Waals surface area contributed by atoms with Gasteiger partial charge in [-0.1, -0.05) is 13.8 Å². The van der Waals surface area contributed by atoms with E-state index in [0.29, 0.717) is 0 Å². The molecule has 0 aromatic rings. The molecule has 2 unspecified atom stereocenters. The number of nitrogens with two attached hydrogens (primary N) is 1. The molecule has 78 valence electrons. The van der Waals surface area contributed by atoms with Crippen molar-refractivity contribution in [2.24, 2.45) is 23.0 Å². The highest BCUT2D eigenvalue weighted by Gasteiger charge is 2.70. The van der Waals surface area contributed by atoms with Gasteiger partial charge in [0.15, 0.2) is 0 Å². The van der Waals surface area contributed by atoms with Crippen molar-refractivity contribution in [1.29, 1.82) is 0 Å². The zero-order valence-corrected chi connectivity index (χ0v) is 7.53. The first-order valence-corrected chi connectivity index (χ1v) is 4.12. The first-order valence-electron chi connectivity index (χ1n) is 4.12. The Bertz CT molecular complexity index is 202. The zero-order chi connectivity index (χ0) is 10.4. The van der Waals surface area contributed by atoms with Crippen LogP contribution in [0.3, 0.4) is 0 Å². The molecule has 0 heterocycles. The minimum Gasteiger partial charge on any atom is -0.330 e. The molecule has 1 rings (SSSR count). The van der Waals surface area contributed by atoms with Crippen LogP contribution in [0, 0.1) is 17.3 Å². The molecule has 13 heavy (non-hydrogen) atoms. The second-order valence-electron chi connectivity index (χ2n) is 4.12. The number of alkyl halides is 4. The lowest BCUT2D eigenvalue weighted by Gasteiger charge is -2.16. The Hall–Kier alpha value is -0.320. The summed E-state index contributed by atoms with van der Waals surface area (Å²) in [5.41, 5.74) is 4.46. The fourth-order valence-corrected chi connectivity index (χ4v) is 2.08. The van der Waals surface area contributed by atoms with E-state index in [1.54, 1.807) is 13.8 Å². The van der Waals surface area contributed by atoms with Crippen LogP contribution in [0.2, 0.25) is 0 Å². The largest absolute Gasteiger partial charge is 0.330 e. The van der Waals surface area contributed by atoms with Crippen LogP contribution in [0.5, 0.6) is 0 Å². The van der Waals surface area contributed by atoms with E-state index < -0.39 is 29.6 Å². The summed E-state index contributed by atoms with van der Waals surface area (Å²) in [7, 11) is 0. The third kappa shape index (κ3) is 1.43. The van der Waals surface area contributed by atoms with Crippen LogP contribution < -0.4 is 5.73 Å². The van der Waals surface area contributed by atoms with Gasteiger partial charge in [-0.15, -0.1) is 0 Å². The van der Waals surface area contributed by atoms with E-state index in [1.807, 2.05) is 0 Å². The number of hydrogen-bond acceptors (Lipinski definition) is 1. The Balaban J connectivity index is 2.76. The summed E-state index contributed by atoms with van der Waals surface area (Å²) in [6.45, 7) is 3.14. The van der Waals surface area contributed by atoms with Gasteiger partial charge in [0.05, 0.1) is 0 Å². The Labute approximate surface area is 74.3 Å². The summed E-state index contributed by atoms with van der Waals surface area (Å²) in [6, 6.07) is 0. The molecule has 1 nitrogen and oxygen atoms in total. The highest BCUT2D eigenvalue weighted by molar-refractivity contribution is 5.11. The van der Waals surface area contributed by atoms with Crippen molar-refractivity contribution in [3.05, 3.63) is 0 Å². The lowest BCUT2D eigenvalue weighted by molar-refractivity contribution is -0.151.